The lowest BCUT2D eigenvalue weighted by Crippen LogP contribution is -2.23. The summed E-state index contributed by atoms with van der Waals surface area (Å²) >= 11 is 1.22. The van der Waals surface area contributed by atoms with Crippen molar-refractivity contribution < 1.29 is 32.2 Å². The Balaban J connectivity index is 1.75. The van der Waals surface area contributed by atoms with Crippen molar-refractivity contribution in [1.82, 2.24) is 4.57 Å². The minimum absolute atomic E-state index is 0.114. The first-order valence-electron chi connectivity index (χ1n) is 10.2. The highest BCUT2D eigenvalue weighted by atomic mass is 32.2. The maximum absolute atomic E-state index is 12.9. The van der Waals surface area contributed by atoms with Crippen molar-refractivity contribution in [3.05, 3.63) is 46.8 Å². The molecule has 0 fully saturated rings. The van der Waals surface area contributed by atoms with Crippen LogP contribution in [-0.2, 0) is 25.9 Å². The Morgan fingerprint density at radius 3 is 2.45 bits per heavy atom. The predicted molar refractivity (Wildman–Crippen MR) is 121 cm³/mol. The highest BCUT2D eigenvalue weighted by Gasteiger charge is 2.21. The smallest absolute Gasteiger partial charge is 0.326 e. The van der Waals surface area contributed by atoms with Crippen molar-refractivity contribution in [2.24, 2.45) is 4.99 Å². The highest BCUT2D eigenvalue weighted by molar-refractivity contribution is 7.92. The first kappa shape index (κ1) is 23.0. The fourth-order valence-corrected chi connectivity index (χ4v) is 5.34. The lowest BCUT2D eigenvalue weighted by molar-refractivity contribution is -0.143. The van der Waals surface area contributed by atoms with Gasteiger partial charge in [-0.25, -0.2) is 8.42 Å². The van der Waals surface area contributed by atoms with Crippen molar-refractivity contribution >= 4 is 43.3 Å². The van der Waals surface area contributed by atoms with Crippen LogP contribution >= 0.6 is 11.3 Å². The molecule has 1 aliphatic heterocycles. The van der Waals surface area contributed by atoms with Crippen LogP contribution in [-0.4, -0.2) is 43.5 Å². The van der Waals surface area contributed by atoms with Crippen LogP contribution in [0.4, 0.5) is 0 Å². The summed E-state index contributed by atoms with van der Waals surface area (Å²) in [4.78, 5) is 29.7. The zero-order valence-corrected chi connectivity index (χ0v) is 19.9. The Morgan fingerprint density at radius 2 is 1.82 bits per heavy atom. The summed E-state index contributed by atoms with van der Waals surface area (Å²) in [6.45, 7) is 5.11. The minimum Gasteiger partial charge on any atom is -0.465 e. The third-order valence-electron chi connectivity index (χ3n) is 5.02. The van der Waals surface area contributed by atoms with Crippen LogP contribution in [0.25, 0.3) is 10.2 Å². The molecule has 4 rings (SSSR count). The van der Waals surface area contributed by atoms with Gasteiger partial charge in [0.25, 0.3) is 5.91 Å². The summed E-state index contributed by atoms with van der Waals surface area (Å²) in [6.07, 6.45) is 0. The van der Waals surface area contributed by atoms with Crippen LogP contribution in [0.15, 0.2) is 46.3 Å². The number of amides is 1. The van der Waals surface area contributed by atoms with Gasteiger partial charge in [-0.05, 0) is 45.0 Å². The number of esters is 1. The molecule has 2 aromatic carbocycles. The molecule has 0 atom stereocenters. The summed E-state index contributed by atoms with van der Waals surface area (Å²) in [5.41, 5.74) is 0.884. The average molecular weight is 491 g/mol. The third kappa shape index (κ3) is 4.51. The van der Waals surface area contributed by atoms with Gasteiger partial charge in [-0.2, -0.15) is 4.99 Å². The zero-order valence-electron chi connectivity index (χ0n) is 18.2. The summed E-state index contributed by atoms with van der Waals surface area (Å²) < 4.78 is 42.9. The zero-order chi connectivity index (χ0) is 23.8. The molecule has 0 aliphatic carbocycles. The molecule has 1 amide bonds. The van der Waals surface area contributed by atoms with Crippen LogP contribution in [0.2, 0.25) is 0 Å². The number of thiazole rings is 1. The number of ether oxygens (including phenoxy) is 3. The summed E-state index contributed by atoms with van der Waals surface area (Å²) in [6, 6.07) is 9.17. The Morgan fingerprint density at radius 1 is 1.15 bits per heavy atom. The molecule has 0 unspecified atom stereocenters. The monoisotopic (exact) mass is 490 g/mol. The maximum atomic E-state index is 12.9. The Bertz CT molecular complexity index is 1400. The molecule has 0 saturated carbocycles. The Kier molecular flexibility index (Phi) is 6.26. The second-order valence-corrected chi connectivity index (χ2v) is 11.0. The van der Waals surface area contributed by atoms with Gasteiger partial charge in [-0.15, -0.1) is 0 Å². The number of carbonyl (C=O) groups excluding carboxylic acids is 2. The molecule has 174 valence electrons. The van der Waals surface area contributed by atoms with E-state index in [9.17, 15) is 18.0 Å². The molecule has 1 aromatic heterocycles. The molecule has 11 heteroatoms. The topological polar surface area (TPSA) is 113 Å². The summed E-state index contributed by atoms with van der Waals surface area (Å²) in [7, 11) is -3.45. The van der Waals surface area contributed by atoms with Gasteiger partial charge in [0.05, 0.1) is 27.0 Å². The van der Waals surface area contributed by atoms with E-state index in [1.54, 1.807) is 37.5 Å². The molecule has 0 spiro atoms. The van der Waals surface area contributed by atoms with E-state index in [4.69, 9.17) is 14.2 Å². The van der Waals surface area contributed by atoms with Gasteiger partial charge in [-0.1, -0.05) is 11.3 Å². The fourth-order valence-electron chi connectivity index (χ4n) is 3.24. The Labute approximate surface area is 194 Å². The van der Waals surface area contributed by atoms with Gasteiger partial charge in [-0.3, -0.25) is 9.59 Å². The number of aromatic nitrogens is 1. The molecular formula is C22H22N2O7S2. The number of hydrogen-bond acceptors (Lipinski definition) is 8. The van der Waals surface area contributed by atoms with Crippen molar-refractivity contribution in [3.63, 3.8) is 0 Å². The normalized spacial score (nSPS) is 13.6. The van der Waals surface area contributed by atoms with Crippen LogP contribution in [0, 0.1) is 0 Å². The van der Waals surface area contributed by atoms with E-state index in [0.717, 1.165) is 4.70 Å². The van der Waals surface area contributed by atoms with E-state index in [1.165, 1.54) is 35.6 Å². The van der Waals surface area contributed by atoms with Gasteiger partial charge in [0.1, 0.15) is 6.54 Å². The number of carbonyl (C=O) groups is 2. The average Bonchev–Trinajstić information content (AvgIpc) is 3.36. The summed E-state index contributed by atoms with van der Waals surface area (Å²) in [5.74, 6) is 0.0873. The number of rotatable bonds is 6. The van der Waals surface area contributed by atoms with E-state index in [1.807, 2.05) is 0 Å². The molecule has 0 radical (unpaired) electrons. The van der Waals surface area contributed by atoms with E-state index in [-0.39, 0.29) is 30.4 Å². The molecule has 33 heavy (non-hydrogen) atoms. The van der Waals surface area contributed by atoms with E-state index < -0.39 is 27.0 Å². The molecule has 9 nitrogen and oxygen atoms in total. The quantitative estimate of drug-likeness (QED) is 0.488. The van der Waals surface area contributed by atoms with Crippen molar-refractivity contribution in [3.8, 4) is 11.5 Å². The van der Waals surface area contributed by atoms with E-state index in [2.05, 4.69) is 4.99 Å². The second-order valence-electron chi connectivity index (χ2n) is 7.48. The molecular weight excluding hydrogens is 468 g/mol. The van der Waals surface area contributed by atoms with Gasteiger partial charge >= 0.3 is 5.97 Å². The maximum Gasteiger partial charge on any atom is 0.326 e. The van der Waals surface area contributed by atoms with Crippen LogP contribution in [0.5, 0.6) is 11.5 Å². The predicted octanol–water partition coefficient (Wildman–Crippen LogP) is 2.92. The van der Waals surface area contributed by atoms with Gasteiger partial charge in [0, 0.05) is 17.7 Å². The molecule has 1 aliphatic rings. The molecule has 2 heterocycles. The van der Waals surface area contributed by atoms with Gasteiger partial charge < -0.3 is 18.8 Å². The molecule has 3 aromatic rings. The van der Waals surface area contributed by atoms with Gasteiger partial charge in [0.2, 0.25) is 6.79 Å². The molecule has 0 saturated heterocycles. The Hall–Kier alpha value is -3.18. The minimum atomic E-state index is -3.45. The lowest BCUT2D eigenvalue weighted by atomic mass is 10.2. The lowest BCUT2D eigenvalue weighted by Gasteiger charge is -2.07. The fraction of sp³-hybridized carbons (Fsp3) is 0.318. The van der Waals surface area contributed by atoms with Crippen LogP contribution < -0.4 is 14.3 Å². The van der Waals surface area contributed by atoms with Crippen molar-refractivity contribution in [2.45, 2.75) is 37.5 Å². The number of fused-ring (bicyclic) bond motifs is 2. The largest absolute Gasteiger partial charge is 0.465 e. The third-order valence-corrected chi connectivity index (χ3v) is 8.23. The SMILES string of the molecule is CCOC(=O)Cn1c(=NC(=O)c2ccc(S(=O)(=O)C(C)C)cc2)sc2cc3c(cc21)OCO3. The van der Waals surface area contributed by atoms with Crippen LogP contribution in [0.1, 0.15) is 31.1 Å². The highest BCUT2D eigenvalue weighted by Crippen LogP contribution is 2.37. The van der Waals surface area contributed by atoms with E-state index in [0.29, 0.717) is 21.8 Å². The van der Waals surface area contributed by atoms with E-state index >= 15 is 0 Å². The first-order valence-corrected chi connectivity index (χ1v) is 12.6. The van der Waals surface area contributed by atoms with Crippen molar-refractivity contribution in [1.29, 1.82) is 0 Å². The molecule has 0 bridgehead atoms. The number of hydrogen-bond donors (Lipinski definition) is 0. The first-order chi connectivity index (χ1) is 15.7. The standard InChI is InChI=1S/C22H22N2O7S2/c1-4-29-20(25)11-24-16-9-17-18(31-12-30-17)10-19(16)32-22(24)23-21(26)14-5-7-15(8-6-14)33(27,28)13(2)3/h5-10,13H,4,11-12H2,1-3H3. The van der Waals surface area contributed by atoms with Crippen LogP contribution in [0.3, 0.4) is 0 Å². The molecule has 0 N–H and O–H groups in total. The van der Waals surface area contributed by atoms with Crippen molar-refractivity contribution in [2.75, 3.05) is 13.4 Å². The van der Waals surface area contributed by atoms with Gasteiger partial charge in [0.15, 0.2) is 26.1 Å². The number of sulfone groups is 1. The number of benzene rings is 2. The summed E-state index contributed by atoms with van der Waals surface area (Å²) in [5, 5.41) is -0.571. The second kappa shape index (κ2) is 8.99. The number of nitrogens with zero attached hydrogens (tertiary/aromatic N) is 2.